The molecule has 0 aliphatic heterocycles. The van der Waals surface area contributed by atoms with Gasteiger partial charge in [-0.25, -0.2) is 0 Å². The summed E-state index contributed by atoms with van der Waals surface area (Å²) in [5.41, 5.74) is 0.920. The zero-order chi connectivity index (χ0) is 7.28. The van der Waals surface area contributed by atoms with Gasteiger partial charge in [0.15, 0.2) is 0 Å². The summed E-state index contributed by atoms with van der Waals surface area (Å²) in [5.74, 6) is 0. The van der Waals surface area contributed by atoms with E-state index in [9.17, 15) is 0 Å². The van der Waals surface area contributed by atoms with Crippen LogP contribution in [0, 0.1) is 0 Å². The molecule has 2 nitrogen and oxygen atoms in total. The van der Waals surface area contributed by atoms with E-state index in [-0.39, 0.29) is 6.61 Å². The molecule has 0 aromatic carbocycles. The molecule has 0 amide bonds. The van der Waals surface area contributed by atoms with E-state index in [4.69, 9.17) is 10.2 Å². The molecule has 0 aromatic heterocycles. The number of aliphatic hydroxyl groups excluding tert-OH is 2. The van der Waals surface area contributed by atoms with Crippen LogP contribution in [0.15, 0.2) is 11.6 Å². The fourth-order valence-corrected chi connectivity index (χ4v) is 0.542. The third kappa shape index (κ3) is 3.27. The van der Waals surface area contributed by atoms with Gasteiger partial charge in [0.2, 0.25) is 0 Å². The van der Waals surface area contributed by atoms with E-state index in [0.717, 1.165) is 5.57 Å². The van der Waals surface area contributed by atoms with Gasteiger partial charge >= 0.3 is 0 Å². The van der Waals surface area contributed by atoms with Gasteiger partial charge in [0.05, 0.1) is 6.10 Å². The second kappa shape index (κ2) is 4.53. The van der Waals surface area contributed by atoms with Gasteiger partial charge in [0.25, 0.3) is 0 Å². The highest BCUT2D eigenvalue weighted by atomic mass is 16.3. The highest BCUT2D eigenvalue weighted by Crippen LogP contribution is 2.03. The molecule has 0 fully saturated rings. The van der Waals surface area contributed by atoms with E-state index < -0.39 is 6.10 Å². The highest BCUT2D eigenvalue weighted by Gasteiger charge is 2.02. The maximum Gasteiger partial charge on any atom is 0.0769 e. The molecule has 0 saturated carbocycles. The molecule has 0 saturated heterocycles. The maximum atomic E-state index is 9.09. The molecule has 0 heterocycles. The van der Waals surface area contributed by atoms with Crippen LogP contribution in [0.3, 0.4) is 0 Å². The predicted octanol–water partition coefficient (Wildman–Crippen LogP) is 0.696. The summed E-state index contributed by atoms with van der Waals surface area (Å²) < 4.78 is 0. The summed E-state index contributed by atoms with van der Waals surface area (Å²) >= 11 is 0. The predicted molar refractivity (Wildman–Crippen MR) is 37.1 cm³/mol. The summed E-state index contributed by atoms with van der Waals surface area (Å²) in [7, 11) is 0. The van der Waals surface area contributed by atoms with Crippen molar-refractivity contribution >= 4 is 0 Å². The Morgan fingerprint density at radius 2 is 2.22 bits per heavy atom. The Bertz CT molecular complexity index is 97.1. The average Bonchev–Trinajstić information content (AvgIpc) is 1.87. The van der Waals surface area contributed by atoms with Crippen molar-refractivity contribution in [2.45, 2.75) is 26.4 Å². The topological polar surface area (TPSA) is 40.5 Å². The lowest BCUT2D eigenvalue weighted by molar-refractivity contribution is 0.161. The Hall–Kier alpha value is -0.340. The Labute approximate surface area is 55.8 Å². The quantitative estimate of drug-likeness (QED) is 0.552. The third-order valence-corrected chi connectivity index (χ3v) is 1.38. The SMILES string of the molecule is C/C=C(\C)C(O)CCO. The van der Waals surface area contributed by atoms with Gasteiger partial charge in [-0.2, -0.15) is 0 Å². The summed E-state index contributed by atoms with van der Waals surface area (Å²) in [6.07, 6.45) is 1.83. The fourth-order valence-electron chi connectivity index (χ4n) is 0.542. The normalized spacial score (nSPS) is 15.8. The van der Waals surface area contributed by atoms with Crippen LogP contribution >= 0.6 is 0 Å². The van der Waals surface area contributed by atoms with Crippen LogP contribution in [0.4, 0.5) is 0 Å². The van der Waals surface area contributed by atoms with Crippen molar-refractivity contribution in [2.24, 2.45) is 0 Å². The molecule has 0 aliphatic rings. The number of aliphatic hydroxyl groups is 2. The minimum atomic E-state index is -0.458. The van der Waals surface area contributed by atoms with Crippen LogP contribution in [0.25, 0.3) is 0 Å². The molecule has 54 valence electrons. The zero-order valence-corrected chi connectivity index (χ0v) is 5.96. The van der Waals surface area contributed by atoms with Crippen molar-refractivity contribution in [3.05, 3.63) is 11.6 Å². The Morgan fingerprint density at radius 1 is 1.67 bits per heavy atom. The molecule has 0 aliphatic carbocycles. The summed E-state index contributed by atoms with van der Waals surface area (Å²) in [6.45, 7) is 3.77. The molecule has 2 heteroatoms. The summed E-state index contributed by atoms with van der Waals surface area (Å²) in [6, 6.07) is 0. The van der Waals surface area contributed by atoms with Crippen LogP contribution in [0.5, 0.6) is 0 Å². The van der Waals surface area contributed by atoms with Crippen LogP contribution in [0.1, 0.15) is 20.3 Å². The molecule has 0 spiro atoms. The number of allylic oxidation sites excluding steroid dienone is 1. The average molecular weight is 130 g/mol. The number of hydrogen-bond acceptors (Lipinski definition) is 2. The van der Waals surface area contributed by atoms with E-state index in [1.807, 2.05) is 19.9 Å². The molecule has 0 rings (SSSR count). The van der Waals surface area contributed by atoms with Gasteiger partial charge in [0.1, 0.15) is 0 Å². The minimum Gasteiger partial charge on any atom is -0.396 e. The van der Waals surface area contributed by atoms with Gasteiger partial charge in [-0.05, 0) is 19.4 Å². The van der Waals surface area contributed by atoms with Crippen LogP contribution in [0.2, 0.25) is 0 Å². The smallest absolute Gasteiger partial charge is 0.0769 e. The first-order valence-corrected chi connectivity index (χ1v) is 3.14. The molecule has 0 bridgehead atoms. The van der Waals surface area contributed by atoms with Crippen molar-refractivity contribution < 1.29 is 10.2 Å². The van der Waals surface area contributed by atoms with Gasteiger partial charge in [-0.3, -0.25) is 0 Å². The van der Waals surface area contributed by atoms with Crippen molar-refractivity contribution in [1.82, 2.24) is 0 Å². The van der Waals surface area contributed by atoms with E-state index in [2.05, 4.69) is 0 Å². The highest BCUT2D eigenvalue weighted by molar-refractivity contribution is 5.02. The third-order valence-electron chi connectivity index (χ3n) is 1.38. The first kappa shape index (κ1) is 8.66. The summed E-state index contributed by atoms with van der Waals surface area (Å²) in [5, 5.41) is 17.5. The minimum absolute atomic E-state index is 0.0480. The van der Waals surface area contributed by atoms with Gasteiger partial charge in [-0.1, -0.05) is 6.08 Å². The van der Waals surface area contributed by atoms with E-state index in [1.165, 1.54) is 0 Å². The van der Waals surface area contributed by atoms with Crippen LogP contribution < -0.4 is 0 Å². The molecule has 0 aromatic rings. The Kier molecular flexibility index (Phi) is 4.36. The van der Waals surface area contributed by atoms with Gasteiger partial charge in [0, 0.05) is 13.0 Å². The Balaban J connectivity index is 3.59. The largest absolute Gasteiger partial charge is 0.396 e. The molecule has 2 N–H and O–H groups in total. The van der Waals surface area contributed by atoms with Gasteiger partial charge in [-0.15, -0.1) is 0 Å². The van der Waals surface area contributed by atoms with Crippen molar-refractivity contribution in [3.8, 4) is 0 Å². The first-order chi connectivity index (χ1) is 4.22. The summed E-state index contributed by atoms with van der Waals surface area (Å²) in [4.78, 5) is 0. The lowest BCUT2D eigenvalue weighted by atomic mass is 10.1. The van der Waals surface area contributed by atoms with E-state index in [1.54, 1.807) is 0 Å². The van der Waals surface area contributed by atoms with Crippen molar-refractivity contribution in [1.29, 1.82) is 0 Å². The Morgan fingerprint density at radius 3 is 2.56 bits per heavy atom. The zero-order valence-electron chi connectivity index (χ0n) is 5.96. The molecule has 1 unspecified atom stereocenters. The monoisotopic (exact) mass is 130 g/mol. The van der Waals surface area contributed by atoms with Gasteiger partial charge < -0.3 is 10.2 Å². The van der Waals surface area contributed by atoms with Crippen molar-refractivity contribution in [2.75, 3.05) is 6.61 Å². The lowest BCUT2D eigenvalue weighted by Gasteiger charge is -2.07. The second-order valence-corrected chi connectivity index (χ2v) is 2.06. The molecular weight excluding hydrogens is 116 g/mol. The maximum absolute atomic E-state index is 9.09. The van der Waals surface area contributed by atoms with Crippen molar-refractivity contribution in [3.63, 3.8) is 0 Å². The lowest BCUT2D eigenvalue weighted by Crippen LogP contribution is -2.09. The number of rotatable bonds is 3. The molecular formula is C7H14O2. The van der Waals surface area contributed by atoms with E-state index in [0.29, 0.717) is 6.42 Å². The fraction of sp³-hybridized carbons (Fsp3) is 0.714. The van der Waals surface area contributed by atoms with Crippen LogP contribution in [-0.4, -0.2) is 22.9 Å². The second-order valence-electron chi connectivity index (χ2n) is 2.06. The standard InChI is InChI=1S/C7H14O2/c1-3-6(2)7(9)4-5-8/h3,7-9H,4-5H2,1-2H3/b6-3+. The molecule has 9 heavy (non-hydrogen) atoms. The number of hydrogen-bond donors (Lipinski definition) is 2. The van der Waals surface area contributed by atoms with Crippen LogP contribution in [-0.2, 0) is 0 Å². The van der Waals surface area contributed by atoms with E-state index >= 15 is 0 Å². The molecule has 1 atom stereocenters. The molecule has 0 radical (unpaired) electrons. The first-order valence-electron chi connectivity index (χ1n) is 3.14.